The minimum absolute atomic E-state index is 0.157. The summed E-state index contributed by atoms with van der Waals surface area (Å²) in [7, 11) is 0. The van der Waals surface area contributed by atoms with Gasteiger partial charge in [-0.2, -0.15) is 0 Å². The number of esters is 1. The van der Waals surface area contributed by atoms with Crippen LogP contribution in [0.1, 0.15) is 30.1 Å². The Kier molecular flexibility index (Phi) is 4.50. The number of hydrogen-bond acceptors (Lipinski definition) is 4. The fraction of sp³-hybridized carbons (Fsp3) is 0.400. The quantitative estimate of drug-likeness (QED) is 0.616. The summed E-state index contributed by atoms with van der Waals surface area (Å²) in [5.74, 6) is -1.70. The Morgan fingerprint density at radius 1 is 1.25 bits per heavy atom. The smallest absolute Gasteiger partial charge is 0.376 e. The van der Waals surface area contributed by atoms with E-state index in [-0.39, 0.29) is 12.5 Å². The van der Waals surface area contributed by atoms with Gasteiger partial charge in [-0.05, 0) is 31.9 Å². The number of ether oxygens (including phenoxy) is 1. The maximum Gasteiger partial charge on any atom is 0.376 e. The molecular weight excluding hydrogens is 258 g/mol. The molecule has 0 bridgehead atoms. The molecule has 0 N–H and O–H groups in total. The van der Waals surface area contributed by atoms with E-state index in [4.69, 9.17) is 4.74 Å². The summed E-state index contributed by atoms with van der Waals surface area (Å²) >= 11 is 0. The van der Waals surface area contributed by atoms with Crippen molar-refractivity contribution in [3.05, 3.63) is 35.9 Å². The number of Topliss-reactive ketones (excluding diaryl/α,β-unsaturated/α-hetero) is 1. The van der Waals surface area contributed by atoms with Crippen molar-refractivity contribution in [3.8, 4) is 0 Å². The van der Waals surface area contributed by atoms with Crippen LogP contribution in [0.25, 0.3) is 0 Å². The van der Waals surface area contributed by atoms with E-state index < -0.39 is 17.8 Å². The van der Waals surface area contributed by atoms with Gasteiger partial charge in [0.2, 0.25) is 0 Å². The van der Waals surface area contributed by atoms with E-state index >= 15 is 0 Å². The summed E-state index contributed by atoms with van der Waals surface area (Å²) in [6.45, 7) is 2.29. The van der Waals surface area contributed by atoms with Gasteiger partial charge in [0.1, 0.15) is 6.04 Å². The van der Waals surface area contributed by atoms with Crippen molar-refractivity contribution in [2.24, 2.45) is 0 Å². The summed E-state index contributed by atoms with van der Waals surface area (Å²) in [5.41, 5.74) is 0.524. The van der Waals surface area contributed by atoms with Crippen LogP contribution in [0.15, 0.2) is 30.3 Å². The highest BCUT2D eigenvalue weighted by atomic mass is 16.5. The molecule has 1 saturated heterocycles. The van der Waals surface area contributed by atoms with E-state index in [1.165, 1.54) is 4.90 Å². The fourth-order valence-corrected chi connectivity index (χ4v) is 2.37. The Bertz CT molecular complexity index is 512. The second-order valence-electron chi connectivity index (χ2n) is 4.61. The van der Waals surface area contributed by atoms with Crippen molar-refractivity contribution in [3.63, 3.8) is 0 Å². The molecule has 1 fully saturated rings. The van der Waals surface area contributed by atoms with E-state index in [0.717, 1.165) is 0 Å². The molecule has 0 spiro atoms. The normalized spacial score (nSPS) is 17.9. The minimum atomic E-state index is -0.856. The highest BCUT2D eigenvalue weighted by molar-refractivity contribution is 6.36. The molecule has 2 rings (SSSR count). The van der Waals surface area contributed by atoms with Crippen molar-refractivity contribution in [2.45, 2.75) is 25.8 Å². The Labute approximate surface area is 117 Å². The molecule has 0 aromatic heterocycles. The number of carbonyl (C=O) groups is 3. The van der Waals surface area contributed by atoms with Crippen LogP contribution in [0.3, 0.4) is 0 Å². The van der Waals surface area contributed by atoms with Gasteiger partial charge in [-0.1, -0.05) is 18.2 Å². The van der Waals surface area contributed by atoms with Crippen molar-refractivity contribution >= 4 is 17.7 Å². The third-order valence-corrected chi connectivity index (χ3v) is 3.31. The van der Waals surface area contributed by atoms with Gasteiger partial charge >= 0.3 is 5.97 Å². The molecule has 106 valence electrons. The predicted octanol–water partition coefficient (Wildman–Crippen LogP) is 1.42. The highest BCUT2D eigenvalue weighted by Gasteiger charge is 2.38. The summed E-state index contributed by atoms with van der Waals surface area (Å²) in [4.78, 5) is 37.4. The molecule has 5 heteroatoms. The lowest BCUT2D eigenvalue weighted by Crippen LogP contribution is -2.43. The second kappa shape index (κ2) is 6.32. The maximum absolute atomic E-state index is 12.4. The highest BCUT2D eigenvalue weighted by Crippen LogP contribution is 2.21. The number of amides is 1. The second-order valence-corrected chi connectivity index (χ2v) is 4.61. The predicted molar refractivity (Wildman–Crippen MR) is 72.1 cm³/mol. The molecule has 1 unspecified atom stereocenters. The molecule has 1 heterocycles. The Balaban J connectivity index is 2.13. The topological polar surface area (TPSA) is 63.7 Å². The van der Waals surface area contributed by atoms with Crippen LogP contribution in [-0.4, -0.2) is 41.8 Å². The molecule has 1 aromatic carbocycles. The van der Waals surface area contributed by atoms with Crippen LogP contribution >= 0.6 is 0 Å². The van der Waals surface area contributed by atoms with Gasteiger partial charge in [-0.25, -0.2) is 4.79 Å². The molecule has 1 aromatic rings. The Morgan fingerprint density at radius 3 is 2.60 bits per heavy atom. The summed E-state index contributed by atoms with van der Waals surface area (Å²) in [5, 5.41) is 0. The summed E-state index contributed by atoms with van der Waals surface area (Å²) in [6.07, 6.45) is 1.23. The van der Waals surface area contributed by atoms with Gasteiger partial charge < -0.3 is 9.64 Å². The average molecular weight is 275 g/mol. The van der Waals surface area contributed by atoms with Crippen molar-refractivity contribution in [2.75, 3.05) is 13.2 Å². The van der Waals surface area contributed by atoms with Gasteiger partial charge in [-0.15, -0.1) is 0 Å². The first-order chi connectivity index (χ1) is 9.65. The van der Waals surface area contributed by atoms with Crippen LogP contribution in [0.5, 0.6) is 0 Å². The van der Waals surface area contributed by atoms with Crippen molar-refractivity contribution in [1.29, 1.82) is 0 Å². The van der Waals surface area contributed by atoms with Gasteiger partial charge in [0.05, 0.1) is 6.61 Å². The molecule has 0 aliphatic carbocycles. The van der Waals surface area contributed by atoms with Crippen LogP contribution in [0, 0.1) is 0 Å². The van der Waals surface area contributed by atoms with E-state index in [0.29, 0.717) is 24.9 Å². The number of benzene rings is 1. The van der Waals surface area contributed by atoms with Crippen molar-refractivity contribution in [1.82, 2.24) is 4.90 Å². The minimum Gasteiger partial charge on any atom is -0.460 e. The first-order valence-corrected chi connectivity index (χ1v) is 6.72. The molecule has 0 saturated carbocycles. The van der Waals surface area contributed by atoms with Crippen LogP contribution < -0.4 is 0 Å². The SMILES string of the molecule is CCOC(=O)C(=O)C1CCCN1C(=O)c1ccccc1. The summed E-state index contributed by atoms with van der Waals surface area (Å²) in [6, 6.07) is 8.07. The largest absolute Gasteiger partial charge is 0.460 e. The summed E-state index contributed by atoms with van der Waals surface area (Å²) < 4.78 is 4.72. The third kappa shape index (κ3) is 2.87. The molecule has 20 heavy (non-hydrogen) atoms. The van der Waals surface area contributed by atoms with E-state index in [1.807, 2.05) is 6.07 Å². The fourth-order valence-electron chi connectivity index (χ4n) is 2.37. The van der Waals surface area contributed by atoms with Crippen LogP contribution in [-0.2, 0) is 14.3 Å². The molecule has 1 aliphatic rings. The van der Waals surface area contributed by atoms with Gasteiger partial charge in [-0.3, -0.25) is 9.59 Å². The lowest BCUT2D eigenvalue weighted by atomic mass is 10.1. The molecule has 1 aliphatic heterocycles. The molecule has 5 nitrogen and oxygen atoms in total. The number of nitrogens with zero attached hydrogens (tertiary/aromatic N) is 1. The number of likely N-dealkylation sites (tertiary alicyclic amines) is 1. The van der Waals surface area contributed by atoms with E-state index in [9.17, 15) is 14.4 Å². The molecule has 1 amide bonds. The molecule has 1 atom stereocenters. The third-order valence-electron chi connectivity index (χ3n) is 3.31. The number of ketones is 1. The Morgan fingerprint density at radius 2 is 1.95 bits per heavy atom. The van der Waals surface area contributed by atoms with Gasteiger partial charge in [0, 0.05) is 12.1 Å². The lowest BCUT2D eigenvalue weighted by molar-refractivity contribution is -0.155. The Hall–Kier alpha value is -2.17. The van der Waals surface area contributed by atoms with E-state index in [1.54, 1.807) is 31.2 Å². The average Bonchev–Trinajstić information content (AvgIpc) is 2.96. The van der Waals surface area contributed by atoms with Gasteiger partial charge in [0.15, 0.2) is 0 Å². The first kappa shape index (κ1) is 14.2. The zero-order chi connectivity index (χ0) is 14.5. The van der Waals surface area contributed by atoms with E-state index in [2.05, 4.69) is 0 Å². The zero-order valence-electron chi connectivity index (χ0n) is 11.4. The van der Waals surface area contributed by atoms with Crippen LogP contribution in [0.4, 0.5) is 0 Å². The molecule has 0 radical (unpaired) electrons. The lowest BCUT2D eigenvalue weighted by Gasteiger charge is -2.22. The standard InChI is InChI=1S/C15H17NO4/c1-2-20-15(19)13(17)12-9-6-10-16(12)14(18)11-7-4-3-5-8-11/h3-5,7-8,12H,2,6,9-10H2,1H3. The zero-order valence-corrected chi connectivity index (χ0v) is 11.4. The molecular formula is C15H17NO4. The first-order valence-electron chi connectivity index (χ1n) is 6.72. The van der Waals surface area contributed by atoms with Gasteiger partial charge in [0.25, 0.3) is 11.7 Å². The van der Waals surface area contributed by atoms with Crippen LogP contribution in [0.2, 0.25) is 0 Å². The number of hydrogen-bond donors (Lipinski definition) is 0. The maximum atomic E-state index is 12.4. The monoisotopic (exact) mass is 275 g/mol. The number of carbonyl (C=O) groups excluding carboxylic acids is 3. The number of rotatable bonds is 4. The van der Waals surface area contributed by atoms with Crippen molar-refractivity contribution < 1.29 is 19.1 Å².